The van der Waals surface area contributed by atoms with E-state index in [2.05, 4.69) is 19.9 Å². The van der Waals surface area contributed by atoms with Crippen molar-refractivity contribution in [2.45, 2.75) is 20.3 Å². The molecule has 2 aromatic rings. The lowest BCUT2D eigenvalue weighted by atomic mass is 10.0. The minimum atomic E-state index is 0.655. The predicted molar refractivity (Wildman–Crippen MR) is 81.8 cm³/mol. The van der Waals surface area contributed by atoms with Gasteiger partial charge in [-0.05, 0) is 36.1 Å². The van der Waals surface area contributed by atoms with Crippen molar-refractivity contribution in [2.24, 2.45) is 5.92 Å². The highest BCUT2D eigenvalue weighted by Crippen LogP contribution is 2.30. The maximum atomic E-state index is 5.93. The largest absolute Gasteiger partial charge is 0.493 e. The molecule has 0 radical (unpaired) electrons. The van der Waals surface area contributed by atoms with Gasteiger partial charge >= 0.3 is 0 Å². The number of hydrogen-bond acceptors (Lipinski definition) is 1. The Morgan fingerprint density at radius 1 is 1.00 bits per heavy atom. The Morgan fingerprint density at radius 3 is 2.37 bits per heavy atom. The third-order valence-corrected chi connectivity index (χ3v) is 3.25. The predicted octanol–water partition coefficient (Wildman–Crippen LogP) is 5.43. The van der Waals surface area contributed by atoms with Crippen LogP contribution in [-0.4, -0.2) is 6.61 Å². The molecule has 2 heteroatoms. The molecule has 0 atom stereocenters. The van der Waals surface area contributed by atoms with Crippen molar-refractivity contribution < 1.29 is 4.74 Å². The fourth-order valence-corrected chi connectivity index (χ4v) is 1.99. The highest BCUT2D eigenvalue weighted by Gasteiger charge is 2.06. The Labute approximate surface area is 120 Å². The normalized spacial score (nSPS) is 10.7. The molecule has 0 aliphatic rings. The second-order valence-corrected chi connectivity index (χ2v) is 5.47. The Hall–Kier alpha value is -1.47. The van der Waals surface area contributed by atoms with Crippen LogP contribution in [0.25, 0.3) is 11.1 Å². The van der Waals surface area contributed by atoms with E-state index in [9.17, 15) is 0 Å². The minimum absolute atomic E-state index is 0.655. The first kappa shape index (κ1) is 14.0. The second-order valence-electron chi connectivity index (χ2n) is 5.03. The van der Waals surface area contributed by atoms with Crippen molar-refractivity contribution in [1.82, 2.24) is 0 Å². The molecule has 0 N–H and O–H groups in total. The number of hydrogen-bond donors (Lipinski definition) is 0. The van der Waals surface area contributed by atoms with E-state index in [1.807, 2.05) is 42.5 Å². The Morgan fingerprint density at radius 2 is 1.68 bits per heavy atom. The molecule has 19 heavy (non-hydrogen) atoms. The van der Waals surface area contributed by atoms with Crippen LogP contribution in [0, 0.1) is 5.92 Å². The van der Waals surface area contributed by atoms with Crippen LogP contribution in [0.1, 0.15) is 20.3 Å². The van der Waals surface area contributed by atoms with Crippen molar-refractivity contribution in [1.29, 1.82) is 0 Å². The van der Waals surface area contributed by atoms with Gasteiger partial charge < -0.3 is 4.74 Å². The van der Waals surface area contributed by atoms with Gasteiger partial charge in [0.1, 0.15) is 5.75 Å². The summed E-state index contributed by atoms with van der Waals surface area (Å²) in [6.45, 7) is 5.16. The molecule has 2 aromatic carbocycles. The third kappa shape index (κ3) is 4.00. The minimum Gasteiger partial charge on any atom is -0.493 e. The highest BCUT2D eigenvalue weighted by atomic mass is 35.5. The van der Waals surface area contributed by atoms with Crippen LogP contribution in [-0.2, 0) is 0 Å². The number of rotatable bonds is 5. The molecule has 0 unspecified atom stereocenters. The van der Waals surface area contributed by atoms with E-state index in [1.165, 1.54) is 0 Å². The van der Waals surface area contributed by atoms with E-state index in [0.29, 0.717) is 5.92 Å². The van der Waals surface area contributed by atoms with Crippen molar-refractivity contribution in [3.05, 3.63) is 53.6 Å². The molecule has 0 heterocycles. The third-order valence-electron chi connectivity index (χ3n) is 3.00. The van der Waals surface area contributed by atoms with Crippen LogP contribution < -0.4 is 4.74 Å². The quantitative estimate of drug-likeness (QED) is 0.706. The van der Waals surface area contributed by atoms with Crippen molar-refractivity contribution in [3.8, 4) is 16.9 Å². The van der Waals surface area contributed by atoms with Gasteiger partial charge in [-0.2, -0.15) is 0 Å². The van der Waals surface area contributed by atoms with Crippen LogP contribution in [0.2, 0.25) is 5.02 Å². The molecule has 0 fully saturated rings. The van der Waals surface area contributed by atoms with Crippen LogP contribution in [0.15, 0.2) is 48.5 Å². The first-order valence-corrected chi connectivity index (χ1v) is 7.02. The molecule has 100 valence electrons. The molecular weight excluding hydrogens is 256 g/mol. The first-order valence-electron chi connectivity index (χ1n) is 6.64. The molecule has 0 saturated heterocycles. The lowest BCUT2D eigenvalue weighted by molar-refractivity contribution is 0.290. The topological polar surface area (TPSA) is 9.23 Å². The monoisotopic (exact) mass is 274 g/mol. The summed E-state index contributed by atoms with van der Waals surface area (Å²) < 4.78 is 5.90. The first-order chi connectivity index (χ1) is 9.16. The SMILES string of the molecule is CC(C)CCOc1ccccc1-c1ccc(Cl)cc1. The smallest absolute Gasteiger partial charge is 0.127 e. The molecule has 0 aliphatic carbocycles. The van der Waals surface area contributed by atoms with E-state index in [-0.39, 0.29) is 0 Å². The molecule has 0 amide bonds. The molecule has 0 spiro atoms. The van der Waals surface area contributed by atoms with Gasteiger partial charge in [-0.25, -0.2) is 0 Å². The van der Waals surface area contributed by atoms with Gasteiger partial charge in [0.05, 0.1) is 6.61 Å². The fourth-order valence-electron chi connectivity index (χ4n) is 1.87. The molecule has 0 saturated carbocycles. The summed E-state index contributed by atoms with van der Waals surface area (Å²) in [5.41, 5.74) is 2.24. The maximum Gasteiger partial charge on any atom is 0.127 e. The van der Waals surface area contributed by atoms with Crippen molar-refractivity contribution >= 4 is 11.6 Å². The summed E-state index contributed by atoms with van der Waals surface area (Å²) in [5.74, 6) is 1.59. The lowest BCUT2D eigenvalue weighted by Gasteiger charge is -2.12. The number of benzene rings is 2. The van der Waals surface area contributed by atoms with Gasteiger partial charge in [0, 0.05) is 10.6 Å². The van der Waals surface area contributed by atoms with E-state index < -0.39 is 0 Å². The van der Waals surface area contributed by atoms with E-state index >= 15 is 0 Å². The summed E-state index contributed by atoms with van der Waals surface area (Å²) in [6.07, 6.45) is 1.06. The van der Waals surface area contributed by atoms with Gasteiger partial charge in [0.25, 0.3) is 0 Å². The summed E-state index contributed by atoms with van der Waals surface area (Å²) in [7, 11) is 0. The average Bonchev–Trinajstić information content (AvgIpc) is 2.40. The summed E-state index contributed by atoms with van der Waals surface area (Å²) >= 11 is 5.93. The van der Waals surface area contributed by atoms with Crippen LogP contribution in [0.4, 0.5) is 0 Å². The van der Waals surface area contributed by atoms with E-state index in [0.717, 1.165) is 34.9 Å². The summed E-state index contributed by atoms with van der Waals surface area (Å²) in [4.78, 5) is 0. The zero-order chi connectivity index (χ0) is 13.7. The molecule has 0 aromatic heterocycles. The van der Waals surface area contributed by atoms with Crippen molar-refractivity contribution in [3.63, 3.8) is 0 Å². The molecule has 0 aliphatic heterocycles. The lowest BCUT2D eigenvalue weighted by Crippen LogP contribution is -2.02. The van der Waals surface area contributed by atoms with Gasteiger partial charge in [-0.15, -0.1) is 0 Å². The number of ether oxygens (including phenoxy) is 1. The fraction of sp³-hybridized carbons (Fsp3) is 0.294. The zero-order valence-electron chi connectivity index (χ0n) is 11.4. The summed E-state index contributed by atoms with van der Waals surface area (Å²) in [6, 6.07) is 16.0. The van der Waals surface area contributed by atoms with E-state index in [1.54, 1.807) is 0 Å². The van der Waals surface area contributed by atoms with Crippen LogP contribution in [0.5, 0.6) is 5.75 Å². The maximum absolute atomic E-state index is 5.93. The Kier molecular flexibility index (Phi) is 4.86. The summed E-state index contributed by atoms with van der Waals surface area (Å²) in [5, 5.41) is 0.752. The van der Waals surface area contributed by atoms with E-state index in [4.69, 9.17) is 16.3 Å². The molecule has 0 bridgehead atoms. The molecule has 1 nitrogen and oxygen atoms in total. The van der Waals surface area contributed by atoms with Crippen LogP contribution in [0.3, 0.4) is 0 Å². The number of para-hydroxylation sites is 1. The standard InChI is InChI=1S/C17H19ClO/c1-13(2)11-12-19-17-6-4-3-5-16(17)14-7-9-15(18)10-8-14/h3-10,13H,11-12H2,1-2H3. The molecule has 2 rings (SSSR count). The number of halogens is 1. The van der Waals surface area contributed by atoms with Gasteiger partial charge in [0.15, 0.2) is 0 Å². The highest BCUT2D eigenvalue weighted by molar-refractivity contribution is 6.30. The van der Waals surface area contributed by atoms with Crippen molar-refractivity contribution in [2.75, 3.05) is 6.61 Å². The van der Waals surface area contributed by atoms with Gasteiger partial charge in [-0.1, -0.05) is 55.8 Å². The molecular formula is C17H19ClO. The Bertz CT molecular complexity index is 517. The zero-order valence-corrected chi connectivity index (χ0v) is 12.2. The Balaban J connectivity index is 2.18. The van der Waals surface area contributed by atoms with Gasteiger partial charge in [0.2, 0.25) is 0 Å². The average molecular weight is 275 g/mol. The second kappa shape index (κ2) is 6.63. The van der Waals surface area contributed by atoms with Crippen LogP contribution >= 0.6 is 11.6 Å². The van der Waals surface area contributed by atoms with Gasteiger partial charge in [-0.3, -0.25) is 0 Å².